The average Bonchev–Trinajstić information content (AvgIpc) is 2.88. The first kappa shape index (κ1) is 30.7. The van der Waals surface area contributed by atoms with Crippen molar-refractivity contribution < 1.29 is 68.4 Å². The van der Waals surface area contributed by atoms with Gasteiger partial charge >= 0.3 is 18.5 Å². The topological polar surface area (TPSA) is 105 Å². The third kappa shape index (κ3) is 6.85. The molecule has 41 heavy (non-hydrogen) atoms. The number of carbonyl (C=O) groups is 2. The summed E-state index contributed by atoms with van der Waals surface area (Å²) in [6, 6.07) is 3.63. The Morgan fingerprint density at radius 2 is 1.49 bits per heavy atom. The highest BCUT2D eigenvalue weighted by Crippen LogP contribution is 2.46. The molecule has 9 nitrogen and oxygen atoms in total. The van der Waals surface area contributed by atoms with Crippen molar-refractivity contribution in [2.24, 2.45) is 0 Å². The van der Waals surface area contributed by atoms with Gasteiger partial charge in [0.25, 0.3) is 5.91 Å². The van der Waals surface area contributed by atoms with E-state index in [9.17, 15) is 40.3 Å². The van der Waals surface area contributed by atoms with Crippen molar-refractivity contribution in [3.05, 3.63) is 65.0 Å². The monoisotopic (exact) mass is 596 g/mol. The van der Waals surface area contributed by atoms with E-state index in [1.807, 2.05) is 0 Å². The van der Waals surface area contributed by atoms with Gasteiger partial charge in [-0.1, -0.05) is 0 Å². The number of nitrogens with zero attached hydrogens (tertiary/aromatic N) is 1. The molecule has 2 aromatic carbocycles. The van der Waals surface area contributed by atoms with E-state index in [4.69, 9.17) is 9.47 Å². The van der Waals surface area contributed by atoms with Gasteiger partial charge in [-0.25, -0.2) is 14.2 Å². The number of hydrogen-bond acceptors (Lipinski definition) is 8. The molecule has 0 atom stereocenters. The quantitative estimate of drug-likeness (QED) is 0.245. The SMILES string of the molecule is COC(=O)c1cc(NC(=O)c2c(Oc3ccc(OC(F)(F)F)c(F)c3OC)cc(OC)c(C(F)(F)F)c2F)ccn1. The molecular weight excluding hydrogens is 580 g/mol. The second kappa shape index (κ2) is 11.7. The summed E-state index contributed by atoms with van der Waals surface area (Å²) < 4.78 is 132. The molecule has 220 valence electrons. The lowest BCUT2D eigenvalue weighted by Gasteiger charge is -2.20. The van der Waals surface area contributed by atoms with Crippen LogP contribution in [0.1, 0.15) is 26.4 Å². The predicted octanol–water partition coefficient (Wildman–Crippen LogP) is 6.13. The van der Waals surface area contributed by atoms with E-state index in [0.717, 1.165) is 39.7 Å². The average molecular weight is 596 g/mol. The van der Waals surface area contributed by atoms with E-state index in [1.54, 1.807) is 0 Å². The Morgan fingerprint density at radius 3 is 2.05 bits per heavy atom. The Labute approximate surface area is 224 Å². The smallest absolute Gasteiger partial charge is 0.496 e. The first-order valence-corrected chi connectivity index (χ1v) is 10.7. The second-order valence-corrected chi connectivity index (χ2v) is 7.57. The number of methoxy groups -OCH3 is 3. The number of aromatic nitrogens is 1. The zero-order valence-corrected chi connectivity index (χ0v) is 20.8. The standard InChI is InChI=1S/C24H16F8N2O7/c1-37-15-9-14(40-13-5-4-12(41-24(30,31)32)18(25)20(13)38-2)16(19(26)17(15)23(27,28)29)21(35)34-10-6-7-33-11(8-10)22(36)39-3/h4-9H,1-3H3,(H,33,34,35). The number of carbonyl (C=O) groups excluding carboxylic acids is 2. The maximum atomic E-state index is 15.4. The minimum absolute atomic E-state index is 0.239. The van der Waals surface area contributed by atoms with Gasteiger partial charge in [0.1, 0.15) is 28.3 Å². The molecule has 1 amide bonds. The van der Waals surface area contributed by atoms with Crippen LogP contribution in [0.2, 0.25) is 0 Å². The van der Waals surface area contributed by atoms with Crippen LogP contribution in [-0.2, 0) is 10.9 Å². The van der Waals surface area contributed by atoms with Crippen molar-refractivity contribution in [1.29, 1.82) is 0 Å². The normalized spacial score (nSPS) is 11.5. The lowest BCUT2D eigenvalue weighted by molar-refractivity contribution is -0.275. The van der Waals surface area contributed by atoms with Gasteiger partial charge < -0.3 is 29.0 Å². The van der Waals surface area contributed by atoms with E-state index >= 15 is 4.39 Å². The van der Waals surface area contributed by atoms with E-state index in [2.05, 4.69) is 24.5 Å². The predicted molar refractivity (Wildman–Crippen MR) is 121 cm³/mol. The van der Waals surface area contributed by atoms with Crippen LogP contribution in [-0.4, -0.2) is 44.6 Å². The van der Waals surface area contributed by atoms with E-state index < -0.39 is 75.9 Å². The number of benzene rings is 2. The Morgan fingerprint density at radius 1 is 0.829 bits per heavy atom. The molecule has 0 bridgehead atoms. The van der Waals surface area contributed by atoms with Crippen LogP contribution in [0.4, 0.5) is 40.8 Å². The fourth-order valence-electron chi connectivity index (χ4n) is 3.35. The second-order valence-electron chi connectivity index (χ2n) is 7.57. The summed E-state index contributed by atoms with van der Waals surface area (Å²) in [4.78, 5) is 28.5. The summed E-state index contributed by atoms with van der Waals surface area (Å²) in [7, 11) is 2.60. The number of pyridine rings is 1. The molecule has 0 aliphatic heterocycles. The summed E-state index contributed by atoms with van der Waals surface area (Å²) in [5.74, 6) is -11.7. The summed E-state index contributed by atoms with van der Waals surface area (Å²) in [5.41, 5.74) is -3.95. The molecule has 1 heterocycles. The van der Waals surface area contributed by atoms with Crippen molar-refractivity contribution in [2.45, 2.75) is 12.5 Å². The lowest BCUT2D eigenvalue weighted by Crippen LogP contribution is -2.20. The fraction of sp³-hybridized carbons (Fsp3) is 0.208. The molecule has 0 saturated carbocycles. The third-order valence-corrected chi connectivity index (χ3v) is 5.01. The number of alkyl halides is 6. The summed E-state index contributed by atoms with van der Waals surface area (Å²) >= 11 is 0. The summed E-state index contributed by atoms with van der Waals surface area (Å²) in [5, 5.41) is 2.07. The molecule has 0 saturated heterocycles. The number of ether oxygens (including phenoxy) is 5. The number of anilines is 1. The Balaban J connectivity index is 2.18. The Hall–Kier alpha value is -4.83. The highest BCUT2D eigenvalue weighted by atomic mass is 19.4. The zero-order valence-electron chi connectivity index (χ0n) is 20.8. The number of esters is 1. The molecule has 1 aromatic heterocycles. The van der Waals surface area contributed by atoms with Crippen LogP contribution in [0, 0.1) is 11.6 Å². The van der Waals surface area contributed by atoms with Gasteiger partial charge in [-0.3, -0.25) is 4.79 Å². The van der Waals surface area contributed by atoms with Gasteiger partial charge in [-0.2, -0.15) is 17.6 Å². The molecule has 3 rings (SSSR count). The number of nitrogens with one attached hydrogen (secondary N) is 1. The highest BCUT2D eigenvalue weighted by Gasteiger charge is 2.42. The van der Waals surface area contributed by atoms with Crippen LogP contribution in [0.25, 0.3) is 0 Å². The number of amides is 1. The highest BCUT2D eigenvalue weighted by molar-refractivity contribution is 6.07. The minimum atomic E-state index is -5.39. The van der Waals surface area contributed by atoms with Crippen molar-refractivity contribution >= 4 is 17.6 Å². The fourth-order valence-corrected chi connectivity index (χ4v) is 3.35. The number of hydrogen-bond donors (Lipinski definition) is 1. The lowest BCUT2D eigenvalue weighted by atomic mass is 10.0. The molecule has 17 heteroatoms. The Kier molecular flexibility index (Phi) is 8.78. The first-order chi connectivity index (χ1) is 19.1. The van der Waals surface area contributed by atoms with E-state index in [0.29, 0.717) is 18.2 Å². The minimum Gasteiger partial charge on any atom is -0.496 e. The molecule has 0 unspecified atom stereocenters. The number of halogens is 8. The van der Waals surface area contributed by atoms with E-state index in [-0.39, 0.29) is 11.4 Å². The van der Waals surface area contributed by atoms with Crippen LogP contribution in [0.5, 0.6) is 28.7 Å². The van der Waals surface area contributed by atoms with Crippen LogP contribution in [0.3, 0.4) is 0 Å². The zero-order chi connectivity index (χ0) is 30.7. The Bertz CT molecular complexity index is 1480. The summed E-state index contributed by atoms with van der Waals surface area (Å²) in [6.07, 6.45) is -9.66. The van der Waals surface area contributed by atoms with E-state index in [1.165, 1.54) is 0 Å². The third-order valence-electron chi connectivity index (χ3n) is 5.01. The van der Waals surface area contributed by atoms with Crippen molar-refractivity contribution in [3.8, 4) is 28.7 Å². The van der Waals surface area contributed by atoms with Crippen LogP contribution < -0.4 is 24.3 Å². The largest absolute Gasteiger partial charge is 0.573 e. The maximum Gasteiger partial charge on any atom is 0.573 e. The summed E-state index contributed by atoms with van der Waals surface area (Å²) in [6.45, 7) is 0. The van der Waals surface area contributed by atoms with Gasteiger partial charge in [-0.05, 0) is 24.3 Å². The van der Waals surface area contributed by atoms with Crippen molar-refractivity contribution in [1.82, 2.24) is 4.98 Å². The van der Waals surface area contributed by atoms with Gasteiger partial charge in [-0.15, -0.1) is 13.2 Å². The van der Waals surface area contributed by atoms with Gasteiger partial charge in [0.05, 0.1) is 21.3 Å². The van der Waals surface area contributed by atoms with Crippen molar-refractivity contribution in [2.75, 3.05) is 26.6 Å². The molecule has 0 fully saturated rings. The van der Waals surface area contributed by atoms with Gasteiger partial charge in [0.15, 0.2) is 17.3 Å². The molecule has 3 aromatic rings. The van der Waals surface area contributed by atoms with Gasteiger partial charge in [0.2, 0.25) is 11.6 Å². The van der Waals surface area contributed by atoms with Crippen molar-refractivity contribution in [3.63, 3.8) is 0 Å². The first-order valence-electron chi connectivity index (χ1n) is 10.7. The molecule has 0 aliphatic rings. The van der Waals surface area contributed by atoms with Crippen LogP contribution in [0.15, 0.2) is 36.5 Å². The molecule has 0 radical (unpaired) electrons. The van der Waals surface area contributed by atoms with Crippen LogP contribution >= 0.6 is 0 Å². The molecule has 1 N–H and O–H groups in total. The molecule has 0 aliphatic carbocycles. The molecular formula is C24H16F8N2O7. The maximum absolute atomic E-state index is 15.4. The van der Waals surface area contributed by atoms with Gasteiger partial charge in [0, 0.05) is 18.0 Å². The molecule has 0 spiro atoms. The number of rotatable bonds is 8.